The number of carbonyl (C=O) groups excluding carboxylic acids is 2. The van der Waals surface area contributed by atoms with Crippen LogP contribution >= 0.6 is 0 Å². The lowest BCUT2D eigenvalue weighted by Crippen LogP contribution is -2.47. The number of hydrogen-bond acceptors (Lipinski definition) is 4. The Morgan fingerprint density at radius 1 is 1.14 bits per heavy atom. The van der Waals surface area contributed by atoms with Gasteiger partial charge in [0, 0.05) is 32.0 Å². The first kappa shape index (κ1) is 20.9. The Morgan fingerprint density at radius 2 is 1.79 bits per heavy atom. The predicted molar refractivity (Wildman–Crippen MR) is 108 cm³/mol. The highest BCUT2D eigenvalue weighted by atomic mass is 16.4. The van der Waals surface area contributed by atoms with E-state index in [0.717, 1.165) is 24.7 Å². The van der Waals surface area contributed by atoms with Crippen LogP contribution in [0.1, 0.15) is 80.9 Å². The Labute approximate surface area is 168 Å². The van der Waals surface area contributed by atoms with Crippen molar-refractivity contribution in [2.45, 2.75) is 78.7 Å². The standard InChI is InChI=1S/C22H35N3O3/c1-5-25(22(27)20-15(3)28-16(4)24-20)14(2)13-23-21(26)19-11-9-18(10-12-19)17-7-6-8-17/h14,17-19H,5-13H2,1-4H3,(H,23,26)/t14-,18?,19?/m1/s1. The summed E-state index contributed by atoms with van der Waals surface area (Å²) in [5.41, 5.74) is 0.367. The molecule has 1 atom stereocenters. The van der Waals surface area contributed by atoms with Crippen molar-refractivity contribution < 1.29 is 14.0 Å². The molecular weight excluding hydrogens is 354 g/mol. The molecule has 6 nitrogen and oxygen atoms in total. The van der Waals surface area contributed by atoms with Gasteiger partial charge in [0.2, 0.25) is 5.91 Å². The van der Waals surface area contributed by atoms with Crippen molar-refractivity contribution in [2.75, 3.05) is 13.1 Å². The third-order valence-electron chi connectivity index (χ3n) is 6.77. The van der Waals surface area contributed by atoms with Gasteiger partial charge in [0.15, 0.2) is 11.6 Å². The van der Waals surface area contributed by atoms with Crippen LogP contribution in [-0.4, -0.2) is 40.8 Å². The van der Waals surface area contributed by atoms with Crippen molar-refractivity contribution in [1.82, 2.24) is 15.2 Å². The third-order valence-corrected chi connectivity index (χ3v) is 6.77. The highest BCUT2D eigenvalue weighted by molar-refractivity contribution is 5.93. The average Bonchev–Trinajstić information content (AvgIpc) is 2.97. The molecule has 6 heteroatoms. The Balaban J connectivity index is 1.48. The summed E-state index contributed by atoms with van der Waals surface area (Å²) in [5, 5.41) is 3.09. The summed E-state index contributed by atoms with van der Waals surface area (Å²) in [4.78, 5) is 31.4. The average molecular weight is 390 g/mol. The van der Waals surface area contributed by atoms with Crippen LogP contribution in [0.25, 0.3) is 0 Å². The third kappa shape index (κ3) is 4.58. The molecule has 2 aliphatic carbocycles. The van der Waals surface area contributed by atoms with E-state index >= 15 is 0 Å². The zero-order valence-corrected chi connectivity index (χ0v) is 17.8. The number of hydrogen-bond donors (Lipinski definition) is 1. The summed E-state index contributed by atoms with van der Waals surface area (Å²) in [7, 11) is 0. The van der Waals surface area contributed by atoms with E-state index in [1.807, 2.05) is 13.8 Å². The molecule has 28 heavy (non-hydrogen) atoms. The molecular formula is C22H35N3O3. The van der Waals surface area contributed by atoms with Gasteiger partial charge in [-0.15, -0.1) is 0 Å². The maximum absolute atomic E-state index is 12.8. The largest absolute Gasteiger partial charge is 0.445 e. The van der Waals surface area contributed by atoms with Gasteiger partial charge in [0.1, 0.15) is 5.76 Å². The number of rotatable bonds is 7. The minimum atomic E-state index is -0.139. The first-order valence-corrected chi connectivity index (χ1v) is 10.9. The summed E-state index contributed by atoms with van der Waals surface area (Å²) < 4.78 is 5.40. The van der Waals surface area contributed by atoms with E-state index in [0.29, 0.717) is 30.4 Å². The van der Waals surface area contributed by atoms with Crippen molar-refractivity contribution in [3.63, 3.8) is 0 Å². The molecule has 0 bridgehead atoms. The van der Waals surface area contributed by atoms with Gasteiger partial charge in [0.25, 0.3) is 5.91 Å². The lowest BCUT2D eigenvalue weighted by molar-refractivity contribution is -0.126. The van der Waals surface area contributed by atoms with Crippen LogP contribution in [0.3, 0.4) is 0 Å². The van der Waals surface area contributed by atoms with Crippen molar-refractivity contribution >= 4 is 11.8 Å². The number of nitrogens with zero attached hydrogens (tertiary/aromatic N) is 2. The fourth-order valence-electron chi connectivity index (χ4n) is 4.79. The molecule has 2 saturated carbocycles. The van der Waals surface area contributed by atoms with Crippen molar-refractivity contribution in [1.29, 1.82) is 0 Å². The number of oxazole rings is 1. The van der Waals surface area contributed by atoms with Crippen molar-refractivity contribution in [3.05, 3.63) is 17.3 Å². The Hall–Kier alpha value is -1.85. The van der Waals surface area contributed by atoms with Crippen LogP contribution in [0.15, 0.2) is 4.42 Å². The minimum absolute atomic E-state index is 0.0934. The van der Waals surface area contributed by atoms with E-state index in [1.165, 1.54) is 32.1 Å². The molecule has 0 aromatic carbocycles. The van der Waals surface area contributed by atoms with E-state index in [4.69, 9.17) is 4.42 Å². The maximum atomic E-state index is 12.8. The molecule has 2 aliphatic rings. The van der Waals surface area contributed by atoms with Gasteiger partial charge in [-0.05, 0) is 58.3 Å². The van der Waals surface area contributed by atoms with Crippen molar-refractivity contribution in [3.8, 4) is 0 Å². The molecule has 0 saturated heterocycles. The fraction of sp³-hybridized carbons (Fsp3) is 0.773. The molecule has 1 N–H and O–H groups in total. The van der Waals surface area contributed by atoms with Crippen LogP contribution < -0.4 is 5.32 Å². The molecule has 0 radical (unpaired) electrons. The number of likely N-dealkylation sites (N-methyl/N-ethyl adjacent to an activating group) is 1. The van der Waals surface area contributed by atoms with Crippen molar-refractivity contribution in [2.24, 2.45) is 17.8 Å². The first-order valence-electron chi connectivity index (χ1n) is 10.9. The Morgan fingerprint density at radius 3 is 2.29 bits per heavy atom. The second kappa shape index (κ2) is 9.10. The molecule has 3 rings (SSSR count). The van der Waals surface area contributed by atoms with Crippen LogP contribution in [-0.2, 0) is 4.79 Å². The molecule has 0 unspecified atom stereocenters. The highest BCUT2D eigenvalue weighted by Gasteiger charge is 2.33. The van der Waals surface area contributed by atoms with Gasteiger partial charge in [-0.3, -0.25) is 9.59 Å². The summed E-state index contributed by atoms with van der Waals surface area (Å²) in [6, 6.07) is -0.0934. The molecule has 2 amide bonds. The van der Waals surface area contributed by atoms with E-state index in [1.54, 1.807) is 18.7 Å². The number of aromatic nitrogens is 1. The molecule has 2 fully saturated rings. The maximum Gasteiger partial charge on any atom is 0.276 e. The van der Waals surface area contributed by atoms with Crippen LogP contribution in [0.2, 0.25) is 0 Å². The topological polar surface area (TPSA) is 75.4 Å². The van der Waals surface area contributed by atoms with Gasteiger partial charge < -0.3 is 14.6 Å². The fourth-order valence-corrected chi connectivity index (χ4v) is 4.79. The highest BCUT2D eigenvalue weighted by Crippen LogP contribution is 2.42. The van der Waals surface area contributed by atoms with Gasteiger partial charge in [-0.1, -0.05) is 19.3 Å². The predicted octanol–water partition coefficient (Wildman–Crippen LogP) is 3.86. The van der Waals surface area contributed by atoms with Crippen LogP contribution in [0.4, 0.5) is 0 Å². The van der Waals surface area contributed by atoms with E-state index < -0.39 is 0 Å². The normalized spacial score (nSPS) is 23.7. The SMILES string of the molecule is CCN(C(=O)c1nc(C)oc1C)[C@H](C)CNC(=O)C1CCC(C2CCC2)CC1. The number of carbonyl (C=O) groups is 2. The second-order valence-corrected chi connectivity index (χ2v) is 8.63. The molecule has 156 valence electrons. The Bertz CT molecular complexity index is 687. The molecule has 1 aromatic rings. The van der Waals surface area contributed by atoms with Crippen LogP contribution in [0, 0.1) is 31.6 Å². The van der Waals surface area contributed by atoms with Gasteiger partial charge in [-0.25, -0.2) is 4.98 Å². The lowest BCUT2D eigenvalue weighted by atomic mass is 9.68. The van der Waals surface area contributed by atoms with E-state index in [2.05, 4.69) is 10.3 Å². The van der Waals surface area contributed by atoms with Gasteiger partial charge >= 0.3 is 0 Å². The van der Waals surface area contributed by atoms with Gasteiger partial charge in [-0.2, -0.15) is 0 Å². The zero-order chi connectivity index (χ0) is 20.3. The van der Waals surface area contributed by atoms with E-state index in [9.17, 15) is 9.59 Å². The van der Waals surface area contributed by atoms with Gasteiger partial charge in [0.05, 0.1) is 0 Å². The number of aryl methyl sites for hydroxylation is 2. The van der Waals surface area contributed by atoms with E-state index in [-0.39, 0.29) is 23.8 Å². The molecule has 0 aliphatic heterocycles. The summed E-state index contributed by atoms with van der Waals surface area (Å²) >= 11 is 0. The number of nitrogens with one attached hydrogen (secondary N) is 1. The summed E-state index contributed by atoms with van der Waals surface area (Å²) in [6.07, 6.45) is 8.59. The minimum Gasteiger partial charge on any atom is -0.445 e. The molecule has 1 heterocycles. The van der Waals surface area contributed by atoms with Crippen LogP contribution in [0.5, 0.6) is 0 Å². The molecule has 1 aromatic heterocycles. The molecule has 0 spiro atoms. The zero-order valence-electron chi connectivity index (χ0n) is 17.8. The quantitative estimate of drug-likeness (QED) is 0.768. The summed E-state index contributed by atoms with van der Waals surface area (Å²) in [5.74, 6) is 2.96. The first-order chi connectivity index (χ1) is 13.4. The number of amides is 2. The lowest BCUT2D eigenvalue weighted by Gasteiger charge is -2.38. The summed E-state index contributed by atoms with van der Waals surface area (Å²) in [6.45, 7) is 8.44. The Kier molecular flexibility index (Phi) is 6.78. The monoisotopic (exact) mass is 389 g/mol. The smallest absolute Gasteiger partial charge is 0.276 e. The second-order valence-electron chi connectivity index (χ2n) is 8.63.